The van der Waals surface area contributed by atoms with Crippen LogP contribution in [0.2, 0.25) is 0 Å². The Morgan fingerprint density at radius 1 is 1.10 bits per heavy atom. The number of rotatable bonds is 7. The number of halogens is 1. The van der Waals surface area contributed by atoms with Crippen LogP contribution in [0.5, 0.6) is 5.75 Å². The number of benzene rings is 1. The van der Waals surface area contributed by atoms with E-state index in [2.05, 4.69) is 44.9 Å². The molecule has 0 bridgehead atoms. The summed E-state index contributed by atoms with van der Waals surface area (Å²) in [7, 11) is 0. The average molecular weight is 335 g/mol. The normalized spacial score (nSPS) is 10.8. The molecule has 0 fully saturated rings. The van der Waals surface area contributed by atoms with Crippen molar-refractivity contribution in [3.63, 3.8) is 0 Å². The molecule has 0 N–H and O–H groups in total. The zero-order valence-electron chi connectivity index (χ0n) is 11.6. The lowest BCUT2D eigenvalue weighted by Crippen LogP contribution is -2.27. The molecule has 20 heavy (non-hydrogen) atoms. The molecule has 106 valence electrons. The molecule has 0 saturated heterocycles. The number of hydrogen-bond donors (Lipinski definition) is 0. The van der Waals surface area contributed by atoms with Gasteiger partial charge in [0.25, 0.3) is 0 Å². The molecule has 0 aliphatic heterocycles. The van der Waals surface area contributed by atoms with Crippen molar-refractivity contribution in [1.29, 1.82) is 0 Å². The molecule has 3 nitrogen and oxygen atoms in total. The lowest BCUT2D eigenvalue weighted by molar-refractivity contribution is 0.210. The van der Waals surface area contributed by atoms with E-state index in [9.17, 15) is 0 Å². The van der Waals surface area contributed by atoms with Crippen molar-refractivity contribution in [3.05, 3.63) is 58.8 Å². The van der Waals surface area contributed by atoms with Gasteiger partial charge in [0.15, 0.2) is 0 Å². The standard InChI is InChI=1S/C16H19BrN2O/c1-2-19(13-14-7-9-18-10-8-14)11-12-20-16-5-3-15(17)4-6-16/h3-10H,2,11-13H2,1H3. The highest BCUT2D eigenvalue weighted by Crippen LogP contribution is 2.16. The van der Waals surface area contributed by atoms with Crippen LogP contribution in [0.15, 0.2) is 53.3 Å². The molecule has 2 rings (SSSR count). The first-order valence-electron chi connectivity index (χ1n) is 6.77. The van der Waals surface area contributed by atoms with Crippen LogP contribution in [-0.2, 0) is 6.54 Å². The van der Waals surface area contributed by atoms with Crippen LogP contribution >= 0.6 is 15.9 Å². The monoisotopic (exact) mass is 334 g/mol. The highest BCUT2D eigenvalue weighted by molar-refractivity contribution is 9.10. The molecule has 4 heteroatoms. The lowest BCUT2D eigenvalue weighted by atomic mass is 10.2. The van der Waals surface area contributed by atoms with Crippen molar-refractivity contribution in [2.75, 3.05) is 19.7 Å². The Hall–Kier alpha value is -1.39. The fourth-order valence-corrected chi connectivity index (χ4v) is 2.18. The maximum Gasteiger partial charge on any atom is 0.119 e. The fraction of sp³-hybridized carbons (Fsp3) is 0.312. The third kappa shape index (κ3) is 4.94. The maximum atomic E-state index is 5.76. The van der Waals surface area contributed by atoms with Gasteiger partial charge in [0.2, 0.25) is 0 Å². The van der Waals surface area contributed by atoms with Crippen LogP contribution in [0.4, 0.5) is 0 Å². The molecule has 2 aromatic rings. The Morgan fingerprint density at radius 3 is 2.45 bits per heavy atom. The number of ether oxygens (including phenoxy) is 1. The highest BCUT2D eigenvalue weighted by Gasteiger charge is 2.04. The Morgan fingerprint density at radius 2 is 1.80 bits per heavy atom. The van der Waals surface area contributed by atoms with Crippen molar-refractivity contribution < 1.29 is 4.74 Å². The maximum absolute atomic E-state index is 5.76. The molecule has 0 aliphatic carbocycles. The predicted octanol–water partition coefficient (Wildman–Crippen LogP) is 3.75. The summed E-state index contributed by atoms with van der Waals surface area (Å²) < 4.78 is 6.82. The van der Waals surface area contributed by atoms with Crippen LogP contribution < -0.4 is 4.74 Å². The van der Waals surface area contributed by atoms with Gasteiger partial charge in [-0.25, -0.2) is 0 Å². The minimum absolute atomic E-state index is 0.695. The third-order valence-corrected chi connectivity index (χ3v) is 3.62. The van der Waals surface area contributed by atoms with Crippen LogP contribution in [0.1, 0.15) is 12.5 Å². The van der Waals surface area contributed by atoms with E-state index in [1.54, 1.807) is 0 Å². The van der Waals surface area contributed by atoms with Gasteiger partial charge in [-0.05, 0) is 48.5 Å². The van der Waals surface area contributed by atoms with Gasteiger partial charge in [-0.15, -0.1) is 0 Å². The van der Waals surface area contributed by atoms with Crippen molar-refractivity contribution in [2.45, 2.75) is 13.5 Å². The van der Waals surface area contributed by atoms with Crippen LogP contribution in [0.25, 0.3) is 0 Å². The van der Waals surface area contributed by atoms with Gasteiger partial charge in [-0.2, -0.15) is 0 Å². The second-order valence-electron chi connectivity index (χ2n) is 4.53. The van der Waals surface area contributed by atoms with E-state index >= 15 is 0 Å². The van der Waals surface area contributed by atoms with E-state index in [-0.39, 0.29) is 0 Å². The second kappa shape index (κ2) is 8.02. The number of likely N-dealkylation sites (N-methyl/N-ethyl adjacent to an activating group) is 1. The third-order valence-electron chi connectivity index (χ3n) is 3.09. The van der Waals surface area contributed by atoms with E-state index in [0.717, 1.165) is 29.9 Å². The molecule has 0 radical (unpaired) electrons. The van der Waals surface area contributed by atoms with E-state index in [1.165, 1.54) is 5.56 Å². The Balaban J connectivity index is 1.78. The lowest BCUT2D eigenvalue weighted by Gasteiger charge is -2.20. The van der Waals surface area contributed by atoms with Gasteiger partial charge in [-0.1, -0.05) is 22.9 Å². The van der Waals surface area contributed by atoms with Crippen LogP contribution in [-0.4, -0.2) is 29.6 Å². The number of aromatic nitrogens is 1. The average Bonchev–Trinajstić information content (AvgIpc) is 2.49. The summed E-state index contributed by atoms with van der Waals surface area (Å²) in [5, 5.41) is 0. The summed E-state index contributed by atoms with van der Waals surface area (Å²) in [6.45, 7) is 5.71. The molecular weight excluding hydrogens is 316 g/mol. The van der Waals surface area contributed by atoms with E-state index < -0.39 is 0 Å². The van der Waals surface area contributed by atoms with Gasteiger partial charge >= 0.3 is 0 Å². The summed E-state index contributed by atoms with van der Waals surface area (Å²) in [5.74, 6) is 0.910. The Kier molecular flexibility index (Phi) is 6.02. The first-order valence-corrected chi connectivity index (χ1v) is 7.57. The summed E-state index contributed by atoms with van der Waals surface area (Å²) in [5.41, 5.74) is 1.28. The van der Waals surface area contributed by atoms with Crippen LogP contribution in [0.3, 0.4) is 0 Å². The molecule has 0 amide bonds. The molecular formula is C16H19BrN2O. The number of pyridine rings is 1. The summed E-state index contributed by atoms with van der Waals surface area (Å²) >= 11 is 3.42. The zero-order chi connectivity index (χ0) is 14.2. The van der Waals surface area contributed by atoms with Gasteiger partial charge in [0.05, 0.1) is 0 Å². The largest absolute Gasteiger partial charge is 0.492 e. The predicted molar refractivity (Wildman–Crippen MR) is 84.8 cm³/mol. The molecule has 1 aromatic carbocycles. The summed E-state index contributed by atoms with van der Waals surface area (Å²) in [4.78, 5) is 6.40. The quantitative estimate of drug-likeness (QED) is 0.771. The molecule has 0 aliphatic rings. The minimum Gasteiger partial charge on any atom is -0.492 e. The highest BCUT2D eigenvalue weighted by atomic mass is 79.9. The van der Waals surface area contributed by atoms with E-state index in [1.807, 2.05) is 36.7 Å². The molecule has 0 unspecified atom stereocenters. The molecule has 0 saturated carbocycles. The van der Waals surface area contributed by atoms with Crippen molar-refractivity contribution in [1.82, 2.24) is 9.88 Å². The molecule has 1 heterocycles. The Bertz CT molecular complexity index is 502. The van der Waals surface area contributed by atoms with Crippen molar-refractivity contribution in [2.24, 2.45) is 0 Å². The number of hydrogen-bond acceptors (Lipinski definition) is 3. The molecule has 1 aromatic heterocycles. The van der Waals surface area contributed by atoms with E-state index in [0.29, 0.717) is 6.61 Å². The summed E-state index contributed by atoms with van der Waals surface area (Å²) in [6, 6.07) is 12.0. The topological polar surface area (TPSA) is 25.4 Å². The molecule has 0 spiro atoms. The van der Waals surface area contributed by atoms with Gasteiger partial charge in [0, 0.05) is 30.0 Å². The smallest absolute Gasteiger partial charge is 0.119 e. The SMILES string of the molecule is CCN(CCOc1ccc(Br)cc1)Cc1ccncc1. The zero-order valence-corrected chi connectivity index (χ0v) is 13.2. The van der Waals surface area contributed by atoms with Crippen LogP contribution in [0, 0.1) is 0 Å². The summed E-state index contributed by atoms with van der Waals surface area (Å²) in [6.07, 6.45) is 3.67. The minimum atomic E-state index is 0.695. The second-order valence-corrected chi connectivity index (χ2v) is 5.44. The van der Waals surface area contributed by atoms with E-state index in [4.69, 9.17) is 4.74 Å². The Labute approximate surface area is 128 Å². The fourth-order valence-electron chi connectivity index (χ4n) is 1.92. The molecule has 0 atom stereocenters. The first-order chi connectivity index (χ1) is 9.78. The van der Waals surface area contributed by atoms with Crippen molar-refractivity contribution >= 4 is 15.9 Å². The van der Waals surface area contributed by atoms with Gasteiger partial charge in [-0.3, -0.25) is 9.88 Å². The van der Waals surface area contributed by atoms with Crippen molar-refractivity contribution in [3.8, 4) is 5.75 Å². The first kappa shape index (κ1) is 15.0. The van der Waals surface area contributed by atoms with Gasteiger partial charge < -0.3 is 4.74 Å². The van der Waals surface area contributed by atoms with Gasteiger partial charge in [0.1, 0.15) is 12.4 Å². The number of nitrogens with zero attached hydrogens (tertiary/aromatic N) is 2.